The van der Waals surface area contributed by atoms with E-state index in [0.717, 1.165) is 25.7 Å². The maximum Gasteiger partial charge on any atom is 0 e. The van der Waals surface area contributed by atoms with Crippen LogP contribution < -0.4 is 0 Å². The van der Waals surface area contributed by atoms with Crippen LogP contribution >= 0.6 is 0 Å². The summed E-state index contributed by atoms with van der Waals surface area (Å²) in [6, 6.07) is 0. The summed E-state index contributed by atoms with van der Waals surface area (Å²) in [4.78, 5) is 0. The number of hydrogen-bond donors (Lipinski definition) is 0. The molecule has 0 saturated heterocycles. The zero-order valence-corrected chi connectivity index (χ0v) is 20.3. The van der Waals surface area contributed by atoms with Gasteiger partial charge in [-0.3, -0.25) is 6.08 Å². The van der Waals surface area contributed by atoms with Gasteiger partial charge in [0.2, 0.25) is 0 Å². The van der Waals surface area contributed by atoms with E-state index in [4.69, 9.17) is 0 Å². The molecule has 0 spiro atoms. The molecule has 0 aliphatic heterocycles. The predicted octanol–water partition coefficient (Wildman–Crippen LogP) is 8.42. The van der Waals surface area contributed by atoms with Crippen LogP contribution in [0.25, 0.3) is 0 Å². The van der Waals surface area contributed by atoms with Crippen molar-refractivity contribution in [3.8, 4) is 0 Å². The Morgan fingerprint density at radius 1 is 0.739 bits per heavy atom. The minimum absolute atomic E-state index is 0. The summed E-state index contributed by atoms with van der Waals surface area (Å²) in [6.45, 7) is 17.2. The third-order valence-corrected chi connectivity index (χ3v) is 1.65. The van der Waals surface area contributed by atoms with Crippen LogP contribution in [0.4, 0.5) is 0 Å². The fourth-order valence-corrected chi connectivity index (χ4v) is 0.340. The molecule has 1 aliphatic rings. The van der Waals surface area contributed by atoms with E-state index < -0.39 is 0 Å². The molecule has 23 heavy (non-hydrogen) atoms. The summed E-state index contributed by atoms with van der Waals surface area (Å²) in [5.74, 6) is 0. The van der Waals surface area contributed by atoms with Crippen molar-refractivity contribution in [2.45, 2.75) is 65.7 Å². The van der Waals surface area contributed by atoms with Gasteiger partial charge in [-0.2, -0.15) is 25.3 Å². The standard InChI is InChI=1S/C5H5.3C4H9.5CH3.Zr/c1-2-4-5-3-1;3*1-3-4-2;;;;;;/h1-3H,4H2;3*1,3-4H2,2H3;5*1H3;/q9*-1;. The first kappa shape index (κ1) is 56.6. The SMILES string of the molecule is [C-]1=CC=CC1.[CH2-]CCC.[CH2-]CCC.[CH2-]CCC.[CH3-].[CH3-].[CH3-].[CH3-].[CH3-].[Zr]. The molecule has 0 bridgehead atoms. The second-order valence-electron chi connectivity index (χ2n) is 3.56. The van der Waals surface area contributed by atoms with Gasteiger partial charge in [-0.1, -0.05) is 40.0 Å². The van der Waals surface area contributed by atoms with Crippen molar-refractivity contribution in [3.05, 3.63) is 82.2 Å². The molecule has 0 aromatic rings. The minimum Gasteiger partial charge on any atom is -0.358 e. The molecule has 0 saturated carbocycles. The second kappa shape index (κ2) is 79.0. The zero-order valence-electron chi connectivity index (χ0n) is 17.8. The first-order valence-corrected chi connectivity index (χ1v) is 6.84. The van der Waals surface area contributed by atoms with E-state index in [1.807, 2.05) is 12.2 Å². The molecule has 0 amide bonds. The first-order valence-electron chi connectivity index (χ1n) is 6.84. The van der Waals surface area contributed by atoms with E-state index >= 15 is 0 Å². The third kappa shape index (κ3) is 133. The number of hydrogen-bond acceptors (Lipinski definition) is 0. The maximum absolute atomic E-state index is 3.60. The summed E-state index contributed by atoms with van der Waals surface area (Å²) in [5, 5.41) is 0. The Balaban J connectivity index is -0.0000000150. The molecule has 0 heterocycles. The van der Waals surface area contributed by atoms with Crippen molar-refractivity contribution in [1.29, 1.82) is 0 Å². The van der Waals surface area contributed by atoms with Crippen LogP contribution in [0.3, 0.4) is 0 Å². The van der Waals surface area contributed by atoms with E-state index in [0.29, 0.717) is 0 Å². The van der Waals surface area contributed by atoms with Gasteiger partial charge in [0.1, 0.15) is 0 Å². The monoisotopic (exact) mass is 401 g/mol. The first-order chi connectivity index (χ1) is 8.24. The average molecular weight is 403 g/mol. The Bertz CT molecular complexity index is 111. The quantitative estimate of drug-likeness (QED) is 0.415. The summed E-state index contributed by atoms with van der Waals surface area (Å²) < 4.78 is 0. The predicted molar refractivity (Wildman–Crippen MR) is 114 cm³/mol. The van der Waals surface area contributed by atoms with Crippen LogP contribution in [0.15, 0.2) is 18.2 Å². The van der Waals surface area contributed by atoms with Crippen molar-refractivity contribution in [2.24, 2.45) is 0 Å². The van der Waals surface area contributed by atoms with Crippen LogP contribution in [0, 0.1) is 64.0 Å². The van der Waals surface area contributed by atoms with Crippen LogP contribution in [0.1, 0.15) is 65.7 Å². The molecule has 0 N–H and O–H groups in total. The van der Waals surface area contributed by atoms with Gasteiger partial charge in [0.05, 0.1) is 0 Å². The molecule has 0 radical (unpaired) electrons. The summed E-state index contributed by atoms with van der Waals surface area (Å²) in [6.07, 6.45) is 16.8. The van der Waals surface area contributed by atoms with Crippen LogP contribution in [0.5, 0.6) is 0 Å². The molecule has 0 aromatic carbocycles. The van der Waals surface area contributed by atoms with Crippen LogP contribution in [-0.4, -0.2) is 0 Å². The van der Waals surface area contributed by atoms with Crippen molar-refractivity contribution in [2.75, 3.05) is 0 Å². The Kier molecular flexibility index (Phi) is 195. The van der Waals surface area contributed by atoms with Gasteiger partial charge < -0.3 is 57.9 Å². The fourth-order valence-electron chi connectivity index (χ4n) is 0.340. The second-order valence-corrected chi connectivity index (χ2v) is 3.56. The van der Waals surface area contributed by atoms with Gasteiger partial charge in [0.25, 0.3) is 0 Å². The molecule has 1 heteroatoms. The van der Waals surface area contributed by atoms with E-state index in [2.05, 4.69) is 53.7 Å². The van der Waals surface area contributed by atoms with Crippen molar-refractivity contribution in [1.82, 2.24) is 0 Å². The molecular formula is C22H47Zr-9. The fraction of sp³-hybridized carbons (Fsp3) is 0.455. The Labute approximate surface area is 173 Å². The Morgan fingerprint density at radius 3 is 1.04 bits per heavy atom. The van der Waals surface area contributed by atoms with Gasteiger partial charge in [-0.05, 0) is 0 Å². The molecule has 0 atom stereocenters. The van der Waals surface area contributed by atoms with Crippen LogP contribution in [-0.2, 0) is 26.2 Å². The average Bonchev–Trinajstić information content (AvgIpc) is 2.98. The van der Waals surface area contributed by atoms with E-state index in [9.17, 15) is 0 Å². The molecule has 1 aliphatic carbocycles. The largest absolute Gasteiger partial charge is 0.358 e. The van der Waals surface area contributed by atoms with Crippen molar-refractivity contribution in [3.63, 3.8) is 0 Å². The molecular weight excluding hydrogens is 355 g/mol. The number of unbranched alkanes of at least 4 members (excludes halogenated alkanes) is 3. The third-order valence-electron chi connectivity index (χ3n) is 1.65. The van der Waals surface area contributed by atoms with Gasteiger partial charge in [-0.15, -0.1) is 6.42 Å². The Morgan fingerprint density at radius 2 is 1.00 bits per heavy atom. The topological polar surface area (TPSA) is 0 Å². The van der Waals surface area contributed by atoms with E-state index in [1.54, 1.807) is 0 Å². The molecule has 0 aromatic heterocycles. The van der Waals surface area contributed by atoms with E-state index in [1.165, 1.54) is 19.3 Å². The molecule has 0 nitrogen and oxygen atoms in total. The van der Waals surface area contributed by atoms with Crippen LogP contribution in [0.2, 0.25) is 0 Å². The van der Waals surface area contributed by atoms with Gasteiger partial charge in [0.15, 0.2) is 0 Å². The maximum atomic E-state index is 3.60. The van der Waals surface area contributed by atoms with Crippen molar-refractivity contribution >= 4 is 0 Å². The summed E-state index contributed by atoms with van der Waals surface area (Å²) in [7, 11) is 0. The summed E-state index contributed by atoms with van der Waals surface area (Å²) >= 11 is 0. The normalized spacial score (nSPS) is 7.74. The van der Waals surface area contributed by atoms with Gasteiger partial charge in [0, 0.05) is 26.2 Å². The van der Waals surface area contributed by atoms with Gasteiger partial charge >= 0.3 is 0 Å². The summed E-state index contributed by atoms with van der Waals surface area (Å²) in [5.41, 5.74) is 0. The minimum atomic E-state index is 0. The van der Waals surface area contributed by atoms with E-state index in [-0.39, 0.29) is 63.3 Å². The number of allylic oxidation sites excluding steroid dienone is 4. The van der Waals surface area contributed by atoms with Crippen molar-refractivity contribution < 1.29 is 26.2 Å². The molecule has 1 rings (SSSR count). The van der Waals surface area contributed by atoms with Gasteiger partial charge in [-0.25, -0.2) is 12.2 Å². The molecule has 0 unspecified atom stereocenters. The Hall–Kier alpha value is 0.363. The smallest absolute Gasteiger partial charge is 0 e. The zero-order chi connectivity index (χ0) is 13.8. The molecule has 148 valence electrons. The number of rotatable bonds is 3. The molecule has 0 fully saturated rings.